The minimum atomic E-state index is 0.600. The van der Waals surface area contributed by atoms with Gasteiger partial charge in [-0.25, -0.2) is 4.68 Å². The summed E-state index contributed by atoms with van der Waals surface area (Å²) in [4.78, 5) is 0. The average molecular weight is 299 g/mol. The number of aryl methyl sites for hydroxylation is 3. The van der Waals surface area contributed by atoms with Gasteiger partial charge in [0.05, 0.1) is 22.1 Å². The zero-order chi connectivity index (χ0) is 14.2. The first-order valence-electron chi connectivity index (χ1n) is 5.99. The average Bonchev–Trinajstić information content (AvgIpc) is 2.63. The van der Waals surface area contributed by atoms with Gasteiger partial charge < -0.3 is 11.1 Å². The van der Waals surface area contributed by atoms with Gasteiger partial charge in [-0.05, 0) is 38.5 Å². The third kappa shape index (κ3) is 2.65. The van der Waals surface area contributed by atoms with E-state index in [1.807, 2.05) is 26.8 Å². The summed E-state index contributed by atoms with van der Waals surface area (Å²) in [5.41, 5.74) is 9.09. The molecule has 0 aliphatic rings. The molecule has 0 saturated carbocycles. The van der Waals surface area contributed by atoms with Crippen LogP contribution in [0.5, 0.6) is 0 Å². The zero-order valence-corrected chi connectivity index (χ0v) is 12.6. The molecule has 0 aliphatic heterocycles. The maximum absolute atomic E-state index is 6.21. The second-order valence-corrected chi connectivity index (χ2v) is 5.18. The fourth-order valence-electron chi connectivity index (χ4n) is 1.83. The molecule has 0 bridgehead atoms. The summed E-state index contributed by atoms with van der Waals surface area (Å²) >= 11 is 12.3. The van der Waals surface area contributed by atoms with Crippen LogP contribution in [0.2, 0.25) is 10.0 Å². The summed E-state index contributed by atoms with van der Waals surface area (Å²) in [6.45, 7) is 6.50. The van der Waals surface area contributed by atoms with E-state index in [1.165, 1.54) is 0 Å². The SMILES string of the molecule is CCn1nc(C)c(N)c1Nc1cc(Cl)c(C)cc1Cl. The second kappa shape index (κ2) is 5.31. The predicted octanol–water partition coefficient (Wildman–Crippen LogP) is 4.15. The van der Waals surface area contributed by atoms with Crippen LogP contribution in [0.25, 0.3) is 0 Å². The quantitative estimate of drug-likeness (QED) is 0.895. The highest BCUT2D eigenvalue weighted by atomic mass is 35.5. The number of rotatable bonds is 3. The van der Waals surface area contributed by atoms with E-state index in [9.17, 15) is 0 Å². The van der Waals surface area contributed by atoms with Crippen LogP contribution in [0.3, 0.4) is 0 Å². The third-order valence-electron chi connectivity index (χ3n) is 2.97. The number of nitrogens with two attached hydrogens (primary N) is 1. The fraction of sp³-hybridized carbons (Fsp3) is 0.308. The van der Waals surface area contributed by atoms with E-state index in [0.29, 0.717) is 15.7 Å². The van der Waals surface area contributed by atoms with E-state index in [1.54, 1.807) is 10.7 Å². The Bertz CT molecular complexity index is 620. The van der Waals surface area contributed by atoms with Gasteiger partial charge >= 0.3 is 0 Å². The molecule has 2 rings (SSSR count). The lowest BCUT2D eigenvalue weighted by atomic mass is 10.2. The van der Waals surface area contributed by atoms with Crippen molar-refractivity contribution in [3.05, 3.63) is 33.4 Å². The molecular weight excluding hydrogens is 283 g/mol. The molecule has 0 atom stereocenters. The van der Waals surface area contributed by atoms with E-state index in [4.69, 9.17) is 28.9 Å². The summed E-state index contributed by atoms with van der Waals surface area (Å²) in [5.74, 6) is 0.738. The van der Waals surface area contributed by atoms with Crippen LogP contribution in [-0.4, -0.2) is 9.78 Å². The Labute approximate surface area is 122 Å². The number of anilines is 3. The van der Waals surface area contributed by atoms with Crippen LogP contribution in [-0.2, 0) is 6.54 Å². The molecule has 2 aromatic rings. The first kappa shape index (κ1) is 14.0. The maximum Gasteiger partial charge on any atom is 0.152 e. The van der Waals surface area contributed by atoms with Gasteiger partial charge in [0.15, 0.2) is 5.82 Å². The van der Waals surface area contributed by atoms with E-state index >= 15 is 0 Å². The molecule has 3 N–H and O–H groups in total. The highest BCUT2D eigenvalue weighted by molar-refractivity contribution is 6.35. The number of nitrogen functional groups attached to an aromatic ring is 1. The molecular formula is C13H16Cl2N4. The molecule has 0 radical (unpaired) electrons. The fourth-order valence-corrected chi connectivity index (χ4v) is 2.25. The van der Waals surface area contributed by atoms with E-state index < -0.39 is 0 Å². The molecule has 0 fully saturated rings. The van der Waals surface area contributed by atoms with Crippen LogP contribution in [0.4, 0.5) is 17.2 Å². The molecule has 1 aromatic heterocycles. The van der Waals surface area contributed by atoms with Crippen molar-refractivity contribution in [2.45, 2.75) is 27.3 Å². The standard InChI is InChI=1S/C13H16Cl2N4/c1-4-19-13(12(16)8(3)18-19)17-11-6-9(14)7(2)5-10(11)15/h5-6,17H,4,16H2,1-3H3. The van der Waals surface area contributed by atoms with Crippen LogP contribution in [0.15, 0.2) is 12.1 Å². The number of benzene rings is 1. The maximum atomic E-state index is 6.21. The lowest BCUT2D eigenvalue weighted by Gasteiger charge is -2.12. The molecule has 1 aromatic carbocycles. The number of hydrogen-bond acceptors (Lipinski definition) is 3. The lowest BCUT2D eigenvalue weighted by molar-refractivity contribution is 0.661. The van der Waals surface area contributed by atoms with Crippen molar-refractivity contribution < 1.29 is 0 Å². The Kier molecular flexibility index (Phi) is 3.92. The van der Waals surface area contributed by atoms with Gasteiger partial charge in [-0.3, -0.25) is 0 Å². The number of nitrogens with one attached hydrogen (secondary N) is 1. The normalized spacial score (nSPS) is 10.8. The third-order valence-corrected chi connectivity index (χ3v) is 3.69. The molecule has 6 heteroatoms. The van der Waals surface area contributed by atoms with Gasteiger partial charge in [0.25, 0.3) is 0 Å². The highest BCUT2D eigenvalue weighted by Gasteiger charge is 2.13. The number of aromatic nitrogens is 2. The molecule has 0 spiro atoms. The van der Waals surface area contributed by atoms with Crippen LogP contribution in [0.1, 0.15) is 18.2 Å². The monoisotopic (exact) mass is 298 g/mol. The minimum Gasteiger partial charge on any atom is -0.394 e. The first-order chi connectivity index (χ1) is 8.93. The van der Waals surface area contributed by atoms with Crippen molar-refractivity contribution in [3.8, 4) is 0 Å². The Morgan fingerprint density at radius 1 is 1.26 bits per heavy atom. The van der Waals surface area contributed by atoms with E-state index in [-0.39, 0.29) is 0 Å². The molecule has 0 unspecified atom stereocenters. The van der Waals surface area contributed by atoms with Crippen molar-refractivity contribution in [1.82, 2.24) is 9.78 Å². The van der Waals surface area contributed by atoms with E-state index in [2.05, 4.69) is 10.4 Å². The summed E-state index contributed by atoms with van der Waals surface area (Å²) < 4.78 is 1.80. The second-order valence-electron chi connectivity index (χ2n) is 4.37. The van der Waals surface area contributed by atoms with Gasteiger partial charge in [-0.15, -0.1) is 0 Å². The predicted molar refractivity (Wildman–Crippen MR) is 81.5 cm³/mol. The van der Waals surface area contributed by atoms with Crippen LogP contribution >= 0.6 is 23.2 Å². The summed E-state index contributed by atoms with van der Waals surface area (Å²) in [7, 11) is 0. The molecule has 19 heavy (non-hydrogen) atoms. The molecule has 1 heterocycles. The highest BCUT2D eigenvalue weighted by Crippen LogP contribution is 2.33. The van der Waals surface area contributed by atoms with Gasteiger partial charge in [-0.2, -0.15) is 5.10 Å². The smallest absolute Gasteiger partial charge is 0.152 e. The lowest BCUT2D eigenvalue weighted by Crippen LogP contribution is -2.04. The Morgan fingerprint density at radius 2 is 1.95 bits per heavy atom. The summed E-state index contributed by atoms with van der Waals surface area (Å²) in [6.07, 6.45) is 0. The molecule has 0 amide bonds. The molecule has 4 nitrogen and oxygen atoms in total. The molecule has 102 valence electrons. The zero-order valence-electron chi connectivity index (χ0n) is 11.1. The molecule has 0 saturated heterocycles. The Balaban J connectivity index is 2.44. The number of hydrogen-bond donors (Lipinski definition) is 2. The van der Waals surface area contributed by atoms with Gasteiger partial charge in [0.1, 0.15) is 0 Å². The number of nitrogens with zero attached hydrogens (tertiary/aromatic N) is 2. The van der Waals surface area contributed by atoms with E-state index in [0.717, 1.165) is 29.3 Å². The first-order valence-corrected chi connectivity index (χ1v) is 6.75. The van der Waals surface area contributed by atoms with Crippen LogP contribution in [0, 0.1) is 13.8 Å². The number of halogens is 2. The topological polar surface area (TPSA) is 55.9 Å². The van der Waals surface area contributed by atoms with Crippen molar-refractivity contribution in [1.29, 1.82) is 0 Å². The van der Waals surface area contributed by atoms with Gasteiger partial charge in [0.2, 0.25) is 0 Å². The summed E-state index contributed by atoms with van der Waals surface area (Å²) in [5, 5.41) is 8.81. The van der Waals surface area contributed by atoms with Gasteiger partial charge in [0, 0.05) is 11.6 Å². The molecule has 0 aliphatic carbocycles. The largest absolute Gasteiger partial charge is 0.394 e. The minimum absolute atomic E-state index is 0.600. The van der Waals surface area contributed by atoms with Gasteiger partial charge in [-0.1, -0.05) is 23.2 Å². The van der Waals surface area contributed by atoms with Crippen molar-refractivity contribution >= 4 is 40.4 Å². The Hall–Kier alpha value is -1.39. The van der Waals surface area contributed by atoms with Crippen LogP contribution < -0.4 is 11.1 Å². The summed E-state index contributed by atoms with van der Waals surface area (Å²) in [6, 6.07) is 3.61. The van der Waals surface area contributed by atoms with Crippen molar-refractivity contribution in [3.63, 3.8) is 0 Å². The van der Waals surface area contributed by atoms with Crippen molar-refractivity contribution in [2.24, 2.45) is 0 Å². The Morgan fingerprint density at radius 3 is 2.58 bits per heavy atom. The van der Waals surface area contributed by atoms with Crippen molar-refractivity contribution in [2.75, 3.05) is 11.1 Å².